The van der Waals surface area contributed by atoms with Gasteiger partial charge in [-0.25, -0.2) is 17.6 Å². The average molecular weight is 1200 g/mol. The topological polar surface area (TPSA) is 103 Å². The molecule has 0 aromatic heterocycles. The minimum Gasteiger partial charge on any atom is -0.392 e. The molecule has 3 N–H and O–H groups in total. The van der Waals surface area contributed by atoms with Gasteiger partial charge in [-0.1, -0.05) is 13.3 Å². The number of likely N-dealkylation sites (tertiary alicyclic amines) is 11. The van der Waals surface area contributed by atoms with Gasteiger partial charge in [-0.2, -0.15) is 0 Å². The van der Waals surface area contributed by atoms with E-state index in [0.29, 0.717) is 45.4 Å². The number of piperazine rings is 1. The summed E-state index contributed by atoms with van der Waals surface area (Å²) < 4.78 is 50.4. The lowest BCUT2D eigenvalue weighted by molar-refractivity contribution is -0.0705. The molecule has 0 saturated carbocycles. The minimum absolute atomic E-state index is 0.0324. The molecule has 20 heteroatoms. The van der Waals surface area contributed by atoms with Crippen LogP contribution >= 0.6 is 0 Å². The highest BCUT2D eigenvalue weighted by atomic mass is 19.2. The molecule has 12 aliphatic heterocycles. The van der Waals surface area contributed by atoms with Crippen LogP contribution in [0.4, 0.5) is 17.6 Å². The molecule has 0 aromatic carbocycles. The number of piperidine rings is 2. The summed E-state index contributed by atoms with van der Waals surface area (Å²) in [4.78, 5) is 28.5. The third-order valence-corrected chi connectivity index (χ3v) is 16.8. The SMILES string of the molecule is CC1CN(C)C1.CN1CC(C)(F)C1.CN1CC(C)(O)C1.CN1CC(O)C1.CN1CCC(C)(F)C1.CN1CCC(C)(F)CC1.CN1CCC(F)C1.CN1CCC(O)C1.CN1CCC1.CN1CCCC1.CN1CCCCC1.CN1CCN(C)CC1. The molecule has 0 amide bonds. The number of hydrogen-bond donors (Lipinski definition) is 3. The lowest BCUT2D eigenvalue weighted by Gasteiger charge is -2.41. The molecule has 12 rings (SSSR count). The smallest absolute Gasteiger partial charge is 0.133 e. The van der Waals surface area contributed by atoms with E-state index in [4.69, 9.17) is 15.3 Å². The van der Waals surface area contributed by atoms with Crippen LogP contribution in [0.5, 0.6) is 0 Å². The van der Waals surface area contributed by atoms with E-state index in [9.17, 15) is 17.6 Å². The van der Waals surface area contributed by atoms with Crippen LogP contribution in [0.25, 0.3) is 0 Å². The van der Waals surface area contributed by atoms with E-state index in [-0.39, 0.29) is 17.8 Å². The number of hydrogen-bond acceptors (Lipinski definition) is 16. The summed E-state index contributed by atoms with van der Waals surface area (Å²) in [5, 5.41) is 26.5. The maximum absolute atomic E-state index is 13.0. The first-order chi connectivity index (χ1) is 38.5. The Balaban J connectivity index is 0.000000454. The van der Waals surface area contributed by atoms with Crippen molar-refractivity contribution in [1.29, 1.82) is 0 Å². The van der Waals surface area contributed by atoms with E-state index in [0.717, 1.165) is 84.2 Å². The van der Waals surface area contributed by atoms with Crippen molar-refractivity contribution in [3.63, 3.8) is 0 Å². The molecule has 0 radical (unpaired) electrons. The van der Waals surface area contributed by atoms with Gasteiger partial charge in [0.2, 0.25) is 0 Å². The summed E-state index contributed by atoms with van der Waals surface area (Å²) >= 11 is 0. The molecule has 0 spiro atoms. The van der Waals surface area contributed by atoms with E-state index in [1.165, 1.54) is 117 Å². The zero-order valence-electron chi connectivity index (χ0n) is 57.1. The minimum atomic E-state index is -0.908. The molecular weight excluding hydrogens is 1060 g/mol. The highest BCUT2D eigenvalue weighted by Crippen LogP contribution is 2.25. The Bertz CT molecular complexity index is 1440. The predicted octanol–water partition coefficient (Wildman–Crippen LogP) is 5.04. The van der Waals surface area contributed by atoms with E-state index in [2.05, 4.69) is 98.2 Å². The molecule has 12 aliphatic rings. The Morgan fingerprint density at radius 1 is 0.313 bits per heavy atom. The first-order valence-corrected chi connectivity index (χ1v) is 32.2. The average Bonchev–Trinajstić information content (AvgIpc) is 4.27. The first-order valence-electron chi connectivity index (χ1n) is 32.2. The number of nitrogens with zero attached hydrogens (tertiary/aromatic N) is 13. The molecule has 0 bridgehead atoms. The molecule has 12 fully saturated rings. The normalized spacial score (nSPS) is 29.7. The van der Waals surface area contributed by atoms with Crippen LogP contribution < -0.4 is 0 Å². The Hall–Kier alpha value is -0.920. The van der Waals surface area contributed by atoms with Crippen LogP contribution in [0.15, 0.2) is 0 Å². The fourth-order valence-corrected chi connectivity index (χ4v) is 11.2. The van der Waals surface area contributed by atoms with Crippen molar-refractivity contribution in [2.24, 2.45) is 5.92 Å². The second-order valence-corrected chi connectivity index (χ2v) is 28.6. The van der Waals surface area contributed by atoms with Gasteiger partial charge < -0.3 is 74.1 Å². The van der Waals surface area contributed by atoms with Crippen LogP contribution in [0, 0.1) is 5.92 Å². The summed E-state index contributed by atoms with van der Waals surface area (Å²) in [5.41, 5.74) is -3.05. The predicted molar refractivity (Wildman–Crippen MR) is 343 cm³/mol. The summed E-state index contributed by atoms with van der Waals surface area (Å²) in [7, 11) is 26.9. The van der Waals surface area contributed by atoms with Crippen LogP contribution in [0.2, 0.25) is 0 Å². The number of aliphatic hydroxyl groups is 3. The van der Waals surface area contributed by atoms with Gasteiger partial charge in [-0.15, -0.1) is 0 Å². The number of β-amino-alcohol motifs (C(OH)–C–C–N with tert-alkyl or cyclic N) is 3. The Labute approximate surface area is 508 Å². The van der Waals surface area contributed by atoms with Crippen LogP contribution in [0.3, 0.4) is 0 Å². The monoisotopic (exact) mass is 1200 g/mol. The maximum Gasteiger partial charge on any atom is 0.133 e. The summed E-state index contributed by atoms with van der Waals surface area (Å²) in [6.45, 7) is 36.0. The van der Waals surface area contributed by atoms with Crippen molar-refractivity contribution in [1.82, 2.24) is 63.7 Å². The molecule has 3 atom stereocenters. The van der Waals surface area contributed by atoms with Gasteiger partial charge in [0.05, 0.1) is 17.8 Å². The molecule has 498 valence electrons. The van der Waals surface area contributed by atoms with Crippen molar-refractivity contribution < 1.29 is 32.9 Å². The Kier molecular flexibility index (Phi) is 40.7. The molecule has 12 saturated heterocycles. The zero-order valence-corrected chi connectivity index (χ0v) is 57.1. The van der Waals surface area contributed by atoms with Crippen LogP contribution in [0.1, 0.15) is 105 Å². The molecular formula is C63H135F4N13O3. The number of alkyl halides is 4. The second kappa shape index (κ2) is 42.1. The van der Waals surface area contributed by atoms with Gasteiger partial charge in [-0.3, -0.25) is 4.90 Å². The van der Waals surface area contributed by atoms with Gasteiger partial charge in [0.15, 0.2) is 0 Å². The van der Waals surface area contributed by atoms with Crippen molar-refractivity contribution in [3.05, 3.63) is 0 Å². The fourth-order valence-electron chi connectivity index (χ4n) is 11.2. The molecule has 0 aliphatic carbocycles. The summed E-state index contributed by atoms with van der Waals surface area (Å²) in [5.74, 6) is 0.968. The van der Waals surface area contributed by atoms with Gasteiger partial charge >= 0.3 is 0 Å². The highest BCUT2D eigenvalue weighted by Gasteiger charge is 2.36. The molecule has 3 unspecified atom stereocenters. The number of likely N-dealkylation sites (N-methyl/N-ethyl adjacent to an activating group) is 5. The standard InChI is InChI=1S/C7H14FN.C6H12FN.C6H14N2.C6H13N.2C5H10FN.2C5H11NO.2C5H11N.C4H9NO.C4H9N/c1-7(8)3-5-9(2)6-4-7;1-6(7)3-4-8(2)5-6;1-7-3-5-8(2)6-4-7;1-7-5-3-2-4-6-7;1-5(6)3-7(2)4-5;1-7-3-2-5(6)4-7;1-5(7)3-6(2)4-5;1-6-3-2-5(7)4-6;1-5-3-6(2)4-5;1-6-4-2-3-5-6;1-5-2-4(6)3-5;1-5-3-2-4-5/h3-6H2,1-2H3;3-5H2,1-2H3;3-6H2,1-2H3;2-6H2,1H3;3-4H2,1-2H3;5H,2-4H2,1H3;7H,3-4H2,1-2H3;5,7H,2-4H2,1H3;5H,3-4H2,1-2H3;2-5H2,1H3;4,6H,2-3H2,1H3;2-4H2,1H3. The second-order valence-electron chi connectivity index (χ2n) is 28.6. The van der Waals surface area contributed by atoms with E-state index in [1.807, 2.05) is 71.0 Å². The number of rotatable bonds is 0. The van der Waals surface area contributed by atoms with Crippen molar-refractivity contribution >= 4 is 0 Å². The van der Waals surface area contributed by atoms with E-state index >= 15 is 0 Å². The first kappa shape index (κ1) is 80.1. The third kappa shape index (κ3) is 44.2. The van der Waals surface area contributed by atoms with Gasteiger partial charge in [-0.05, 0) is 229 Å². The zero-order chi connectivity index (χ0) is 63.0. The van der Waals surface area contributed by atoms with Crippen LogP contribution in [-0.4, -0.2) is 382 Å². The van der Waals surface area contributed by atoms with Gasteiger partial charge in [0.1, 0.15) is 23.2 Å². The fraction of sp³-hybridized carbons (Fsp3) is 1.00. The van der Waals surface area contributed by atoms with Crippen molar-refractivity contribution in [2.75, 3.05) is 262 Å². The lowest BCUT2D eigenvalue weighted by atomic mass is 9.96. The molecule has 83 heavy (non-hydrogen) atoms. The van der Waals surface area contributed by atoms with Crippen molar-refractivity contribution in [2.45, 2.75) is 146 Å². The summed E-state index contributed by atoms with van der Waals surface area (Å²) in [6, 6.07) is 0. The Morgan fingerprint density at radius 3 is 0.771 bits per heavy atom. The lowest BCUT2D eigenvalue weighted by Crippen LogP contribution is -2.57. The van der Waals surface area contributed by atoms with Crippen molar-refractivity contribution in [3.8, 4) is 0 Å². The number of halogens is 4. The largest absolute Gasteiger partial charge is 0.392 e. The van der Waals surface area contributed by atoms with Gasteiger partial charge in [0, 0.05) is 131 Å². The Morgan fingerprint density at radius 2 is 0.651 bits per heavy atom. The quantitative estimate of drug-likeness (QED) is 0.283. The molecule has 0 aromatic rings. The third-order valence-electron chi connectivity index (χ3n) is 16.8. The van der Waals surface area contributed by atoms with E-state index in [1.54, 1.807) is 20.8 Å². The van der Waals surface area contributed by atoms with E-state index < -0.39 is 23.2 Å². The van der Waals surface area contributed by atoms with Gasteiger partial charge in [0.25, 0.3) is 0 Å². The van der Waals surface area contributed by atoms with Crippen LogP contribution in [-0.2, 0) is 0 Å². The summed E-state index contributed by atoms with van der Waals surface area (Å²) in [6.07, 6.45) is 11.7. The molecule has 16 nitrogen and oxygen atoms in total. The number of aliphatic hydroxyl groups excluding tert-OH is 2. The highest BCUT2D eigenvalue weighted by molar-refractivity contribution is 4.90. The maximum atomic E-state index is 13.0. The molecule has 12 heterocycles.